The van der Waals surface area contributed by atoms with Crippen molar-refractivity contribution in [1.82, 2.24) is 0 Å². The highest BCUT2D eigenvalue weighted by molar-refractivity contribution is 5.56. The average molecular weight is 283 g/mol. The van der Waals surface area contributed by atoms with Crippen LogP contribution in [0.4, 0.5) is 23.2 Å². The maximum Gasteiger partial charge on any atom is 0.422 e. The molecule has 0 saturated heterocycles. The van der Waals surface area contributed by atoms with Crippen LogP contribution in [-0.4, -0.2) is 42.3 Å². The fraction of sp³-hybridized carbons (Fsp3) is 0.455. The molecule has 0 aliphatic rings. The normalized spacial score (nSPS) is 13.2. The van der Waals surface area contributed by atoms with Crippen LogP contribution in [0.5, 0.6) is 5.75 Å². The predicted octanol–water partition coefficient (Wildman–Crippen LogP) is 1.53. The van der Waals surface area contributed by atoms with Gasteiger partial charge in [-0.05, 0) is 12.1 Å². The number of halogens is 4. The number of hydrogen-bond donors (Lipinski definition) is 3. The largest absolute Gasteiger partial charge is 0.482 e. The summed E-state index contributed by atoms with van der Waals surface area (Å²) in [6, 6.07) is 2.95. The van der Waals surface area contributed by atoms with E-state index in [2.05, 4.69) is 10.1 Å². The second-order valence-corrected chi connectivity index (χ2v) is 3.76. The van der Waals surface area contributed by atoms with Crippen LogP contribution in [0.25, 0.3) is 0 Å². The van der Waals surface area contributed by atoms with Crippen molar-refractivity contribution < 1.29 is 32.5 Å². The minimum Gasteiger partial charge on any atom is -0.482 e. The first-order valence-electron chi connectivity index (χ1n) is 5.33. The minimum atomic E-state index is -4.50. The molecule has 19 heavy (non-hydrogen) atoms. The summed E-state index contributed by atoms with van der Waals surface area (Å²) in [6.07, 6.45) is -5.62. The summed E-state index contributed by atoms with van der Waals surface area (Å²) < 4.78 is 53.6. The van der Waals surface area contributed by atoms with Crippen molar-refractivity contribution in [2.24, 2.45) is 0 Å². The van der Waals surface area contributed by atoms with Crippen LogP contribution >= 0.6 is 0 Å². The SMILES string of the molecule is OCC(O)CNc1cc(F)ccc1OCC(F)(F)F. The third kappa shape index (κ3) is 5.75. The van der Waals surface area contributed by atoms with Crippen molar-refractivity contribution in [2.45, 2.75) is 12.3 Å². The number of benzene rings is 1. The first kappa shape index (κ1) is 15.5. The van der Waals surface area contributed by atoms with E-state index in [1.807, 2.05) is 0 Å². The van der Waals surface area contributed by atoms with Gasteiger partial charge in [-0.25, -0.2) is 4.39 Å². The molecule has 0 fully saturated rings. The smallest absolute Gasteiger partial charge is 0.422 e. The van der Waals surface area contributed by atoms with Gasteiger partial charge in [0.05, 0.1) is 18.4 Å². The maximum absolute atomic E-state index is 13.0. The molecular weight excluding hydrogens is 270 g/mol. The van der Waals surface area contributed by atoms with Gasteiger partial charge in [0.1, 0.15) is 11.6 Å². The number of aliphatic hydroxyl groups excluding tert-OH is 2. The van der Waals surface area contributed by atoms with Crippen LogP contribution in [0.3, 0.4) is 0 Å². The zero-order valence-corrected chi connectivity index (χ0v) is 9.75. The molecule has 0 amide bonds. The molecule has 108 valence electrons. The monoisotopic (exact) mass is 283 g/mol. The van der Waals surface area contributed by atoms with Gasteiger partial charge in [0.15, 0.2) is 6.61 Å². The van der Waals surface area contributed by atoms with Gasteiger partial charge in [-0.1, -0.05) is 0 Å². The predicted molar refractivity (Wildman–Crippen MR) is 59.5 cm³/mol. The highest BCUT2D eigenvalue weighted by Gasteiger charge is 2.28. The Bertz CT molecular complexity index is 411. The number of anilines is 1. The van der Waals surface area contributed by atoms with Crippen molar-refractivity contribution >= 4 is 5.69 Å². The summed E-state index contributed by atoms with van der Waals surface area (Å²) in [5, 5.41) is 20.2. The van der Waals surface area contributed by atoms with Gasteiger partial charge in [0.25, 0.3) is 0 Å². The first-order chi connectivity index (χ1) is 8.81. The molecule has 4 nitrogen and oxygen atoms in total. The Hall–Kier alpha value is -1.54. The number of hydrogen-bond acceptors (Lipinski definition) is 4. The Morgan fingerprint density at radius 2 is 2.00 bits per heavy atom. The van der Waals surface area contributed by atoms with Gasteiger partial charge in [0.2, 0.25) is 0 Å². The van der Waals surface area contributed by atoms with E-state index in [-0.39, 0.29) is 18.0 Å². The molecule has 3 N–H and O–H groups in total. The third-order valence-corrected chi connectivity index (χ3v) is 2.07. The van der Waals surface area contributed by atoms with Crippen molar-refractivity contribution in [1.29, 1.82) is 0 Å². The van der Waals surface area contributed by atoms with Crippen LogP contribution in [0.2, 0.25) is 0 Å². The highest BCUT2D eigenvalue weighted by Crippen LogP contribution is 2.27. The molecule has 1 atom stereocenters. The van der Waals surface area contributed by atoms with Gasteiger partial charge in [-0.2, -0.15) is 13.2 Å². The molecule has 1 aromatic carbocycles. The second kappa shape index (κ2) is 6.58. The molecule has 0 radical (unpaired) electrons. The van der Waals surface area contributed by atoms with Crippen LogP contribution in [0.15, 0.2) is 18.2 Å². The molecule has 0 aromatic heterocycles. The van der Waals surface area contributed by atoms with Gasteiger partial charge in [-0.3, -0.25) is 0 Å². The zero-order chi connectivity index (χ0) is 14.5. The fourth-order valence-electron chi connectivity index (χ4n) is 1.22. The molecule has 0 aliphatic carbocycles. The highest BCUT2D eigenvalue weighted by atomic mass is 19.4. The fourth-order valence-corrected chi connectivity index (χ4v) is 1.22. The summed E-state index contributed by atoms with van der Waals surface area (Å²) >= 11 is 0. The number of nitrogens with one attached hydrogen (secondary N) is 1. The lowest BCUT2D eigenvalue weighted by Gasteiger charge is -2.16. The Morgan fingerprint density at radius 3 is 2.58 bits per heavy atom. The van der Waals surface area contributed by atoms with E-state index >= 15 is 0 Å². The summed E-state index contributed by atoms with van der Waals surface area (Å²) in [5.41, 5.74) is -0.0308. The third-order valence-electron chi connectivity index (χ3n) is 2.07. The van der Waals surface area contributed by atoms with Crippen LogP contribution in [0.1, 0.15) is 0 Å². The summed E-state index contributed by atoms with van der Waals surface area (Å²) in [6.45, 7) is -2.18. The average Bonchev–Trinajstić information content (AvgIpc) is 2.33. The Balaban J connectivity index is 2.74. The zero-order valence-electron chi connectivity index (χ0n) is 9.75. The molecule has 0 aliphatic heterocycles. The molecule has 0 spiro atoms. The van der Waals surface area contributed by atoms with Crippen LogP contribution in [0, 0.1) is 5.82 Å². The molecule has 8 heteroatoms. The van der Waals surface area contributed by atoms with Crippen LogP contribution < -0.4 is 10.1 Å². The van der Waals surface area contributed by atoms with Crippen molar-refractivity contribution in [3.05, 3.63) is 24.0 Å². The van der Waals surface area contributed by atoms with E-state index in [0.29, 0.717) is 0 Å². The van der Waals surface area contributed by atoms with Crippen molar-refractivity contribution in [2.75, 3.05) is 25.1 Å². The molecule has 1 unspecified atom stereocenters. The molecular formula is C11H13F4NO3. The number of aliphatic hydroxyl groups is 2. The molecule has 0 saturated carbocycles. The Morgan fingerprint density at radius 1 is 1.32 bits per heavy atom. The Labute approximate surface area is 106 Å². The molecule has 0 heterocycles. The molecule has 0 bridgehead atoms. The standard InChI is InChI=1S/C11H13F4NO3/c12-7-1-2-10(19-6-11(13,14)15)9(3-7)16-4-8(18)5-17/h1-3,8,16-18H,4-6H2. The minimum absolute atomic E-state index is 0.0308. The first-order valence-corrected chi connectivity index (χ1v) is 5.33. The van der Waals surface area contributed by atoms with Gasteiger partial charge < -0.3 is 20.3 Å². The van der Waals surface area contributed by atoms with Gasteiger partial charge in [0, 0.05) is 12.6 Å². The number of rotatable bonds is 6. The number of ether oxygens (including phenoxy) is 1. The lowest BCUT2D eigenvalue weighted by atomic mass is 10.2. The van der Waals surface area contributed by atoms with E-state index in [0.717, 1.165) is 18.2 Å². The van der Waals surface area contributed by atoms with Crippen molar-refractivity contribution in [3.8, 4) is 5.75 Å². The topological polar surface area (TPSA) is 61.7 Å². The summed E-state index contributed by atoms with van der Waals surface area (Å²) in [5.74, 6) is -0.857. The van der Waals surface area contributed by atoms with Crippen LogP contribution in [-0.2, 0) is 0 Å². The number of alkyl halides is 3. The quantitative estimate of drug-likeness (QED) is 0.693. The van der Waals surface area contributed by atoms with E-state index in [9.17, 15) is 17.6 Å². The summed E-state index contributed by atoms with van der Waals surface area (Å²) in [4.78, 5) is 0. The summed E-state index contributed by atoms with van der Waals surface area (Å²) in [7, 11) is 0. The second-order valence-electron chi connectivity index (χ2n) is 3.76. The lowest BCUT2D eigenvalue weighted by Crippen LogP contribution is -2.24. The van der Waals surface area contributed by atoms with E-state index in [1.54, 1.807) is 0 Å². The van der Waals surface area contributed by atoms with Gasteiger partial charge in [-0.15, -0.1) is 0 Å². The lowest BCUT2D eigenvalue weighted by molar-refractivity contribution is -0.153. The molecule has 1 aromatic rings. The van der Waals surface area contributed by atoms with E-state index < -0.39 is 31.3 Å². The van der Waals surface area contributed by atoms with E-state index in [1.165, 1.54) is 0 Å². The maximum atomic E-state index is 13.0. The van der Waals surface area contributed by atoms with E-state index in [4.69, 9.17) is 10.2 Å². The van der Waals surface area contributed by atoms with Crippen molar-refractivity contribution in [3.63, 3.8) is 0 Å². The molecule has 1 rings (SSSR count). The van der Waals surface area contributed by atoms with Gasteiger partial charge >= 0.3 is 6.18 Å². The Kier molecular flexibility index (Phi) is 5.37.